The summed E-state index contributed by atoms with van der Waals surface area (Å²) in [5, 5.41) is 0.499. The molecule has 0 aliphatic carbocycles. The molecule has 0 saturated carbocycles. The van der Waals surface area contributed by atoms with Crippen molar-refractivity contribution in [2.45, 2.75) is 26.0 Å². The summed E-state index contributed by atoms with van der Waals surface area (Å²) in [5.74, 6) is 2.52. The quantitative estimate of drug-likeness (QED) is 0.220. The summed E-state index contributed by atoms with van der Waals surface area (Å²) in [7, 11) is 0. The zero-order valence-electron chi connectivity index (χ0n) is 20.5. The molecule has 2 atom stereocenters. The van der Waals surface area contributed by atoms with Gasteiger partial charge in [0.1, 0.15) is 0 Å². The minimum atomic E-state index is -2.76. The zero-order valence-corrected chi connectivity index (χ0v) is 22.1. The van der Waals surface area contributed by atoms with Gasteiger partial charge in [-0.25, -0.2) is 4.21 Å². The molecule has 9 heteroatoms. The highest BCUT2D eigenvalue weighted by Gasteiger charge is 2.34. The predicted molar refractivity (Wildman–Crippen MR) is 148 cm³/mol. The third-order valence-corrected chi connectivity index (χ3v) is 7.41. The maximum atomic E-state index is 12.0. The molecule has 2 heterocycles. The molecule has 2 aliphatic heterocycles. The summed E-state index contributed by atoms with van der Waals surface area (Å²) < 4.78 is 41.9. The van der Waals surface area contributed by atoms with Gasteiger partial charge in [0.2, 0.25) is 0 Å². The maximum absolute atomic E-state index is 12.0. The van der Waals surface area contributed by atoms with Crippen LogP contribution < -0.4 is 19.3 Å². The topological polar surface area (TPSA) is 74.3 Å². The van der Waals surface area contributed by atoms with Crippen LogP contribution in [0.1, 0.15) is 18.9 Å². The Morgan fingerprint density at radius 3 is 2.29 bits per heavy atom. The molecule has 194 valence electrons. The van der Waals surface area contributed by atoms with E-state index >= 15 is 0 Å². The Morgan fingerprint density at radius 1 is 0.868 bits per heavy atom. The van der Waals surface area contributed by atoms with E-state index < -0.39 is 17.6 Å². The van der Waals surface area contributed by atoms with Gasteiger partial charge in [0, 0.05) is 13.0 Å². The van der Waals surface area contributed by atoms with Crippen LogP contribution in [0.25, 0.3) is 0 Å². The van der Waals surface area contributed by atoms with Gasteiger partial charge in [0.25, 0.3) is 0 Å². The summed E-state index contributed by atoms with van der Waals surface area (Å²) in [6, 6.07) is 26.7. The predicted octanol–water partition coefficient (Wildman–Crippen LogP) is 7.62. The van der Waals surface area contributed by atoms with E-state index in [0.717, 1.165) is 34.7 Å². The van der Waals surface area contributed by atoms with Crippen molar-refractivity contribution in [3.05, 3.63) is 95.5 Å². The third kappa shape index (κ3) is 4.39. The molecule has 4 aromatic carbocycles. The summed E-state index contributed by atoms with van der Waals surface area (Å²) >= 11 is 3.74. The highest BCUT2D eigenvalue weighted by Crippen LogP contribution is 2.52. The molecular formula is C29H24ClN2O5S-. The zero-order chi connectivity index (χ0) is 26.2. The number of ether oxygens (including phenoxy) is 2. The Labute approximate surface area is 228 Å². The Hall–Kier alpha value is -3.56. The number of hydrogen-bond donors (Lipinski definition) is 0. The number of fused-ring (bicyclic) bond motifs is 4. The SMILES string of the molecule is CCc1cccc2c1N(C(CCN1c3ccccc3Oc3c(Cl)cccc31)OS(=O)[O-])c1ccccc1O2. The average Bonchev–Trinajstić information content (AvgIpc) is 2.93. The van der Waals surface area contributed by atoms with Gasteiger partial charge in [-0.05, 0) is 54.4 Å². The lowest BCUT2D eigenvalue weighted by Gasteiger charge is -2.40. The fourth-order valence-corrected chi connectivity index (χ4v) is 5.67. The summed E-state index contributed by atoms with van der Waals surface area (Å²) in [6.07, 6.45) is 0.226. The summed E-state index contributed by atoms with van der Waals surface area (Å²) in [6.45, 7) is 2.49. The lowest BCUT2D eigenvalue weighted by molar-refractivity contribution is 0.196. The first-order valence-electron chi connectivity index (χ1n) is 12.3. The van der Waals surface area contributed by atoms with Crippen molar-refractivity contribution in [1.82, 2.24) is 0 Å². The lowest BCUT2D eigenvalue weighted by atomic mass is 10.0. The van der Waals surface area contributed by atoms with E-state index in [1.54, 1.807) is 6.07 Å². The number of rotatable bonds is 7. The van der Waals surface area contributed by atoms with Crippen molar-refractivity contribution in [3.8, 4) is 23.0 Å². The second-order valence-electron chi connectivity index (χ2n) is 8.91. The van der Waals surface area contributed by atoms with Crippen LogP contribution >= 0.6 is 11.6 Å². The molecule has 0 spiro atoms. The van der Waals surface area contributed by atoms with E-state index in [1.807, 2.05) is 83.8 Å². The number of halogens is 1. The maximum Gasteiger partial charge on any atom is 0.169 e. The van der Waals surface area contributed by atoms with E-state index in [4.69, 9.17) is 25.3 Å². The van der Waals surface area contributed by atoms with Crippen molar-refractivity contribution in [3.63, 3.8) is 0 Å². The van der Waals surface area contributed by atoms with E-state index in [0.29, 0.717) is 41.0 Å². The molecule has 0 bridgehead atoms. The van der Waals surface area contributed by atoms with Gasteiger partial charge in [-0.1, -0.05) is 61.0 Å². The minimum Gasteiger partial charge on any atom is -0.750 e. The fraction of sp³-hybridized carbons (Fsp3) is 0.172. The van der Waals surface area contributed by atoms with Crippen LogP contribution in [0.3, 0.4) is 0 Å². The normalized spacial score (nSPS) is 14.8. The van der Waals surface area contributed by atoms with Crippen LogP contribution in [-0.2, 0) is 22.0 Å². The van der Waals surface area contributed by atoms with Crippen LogP contribution in [0.4, 0.5) is 22.7 Å². The largest absolute Gasteiger partial charge is 0.750 e. The van der Waals surface area contributed by atoms with E-state index in [-0.39, 0.29) is 0 Å². The molecule has 0 aromatic heterocycles. The number of aryl methyl sites for hydroxylation is 1. The summed E-state index contributed by atoms with van der Waals surface area (Å²) in [4.78, 5) is 4.02. The highest BCUT2D eigenvalue weighted by atomic mass is 35.5. The van der Waals surface area contributed by atoms with Crippen molar-refractivity contribution >= 4 is 45.7 Å². The van der Waals surface area contributed by atoms with Gasteiger partial charge in [-0.15, -0.1) is 0 Å². The lowest BCUT2D eigenvalue weighted by Crippen LogP contribution is -2.39. The third-order valence-electron chi connectivity index (χ3n) is 6.73. The monoisotopic (exact) mass is 547 g/mol. The number of benzene rings is 4. The molecule has 0 N–H and O–H groups in total. The van der Waals surface area contributed by atoms with Gasteiger partial charge >= 0.3 is 0 Å². The average molecular weight is 548 g/mol. The van der Waals surface area contributed by atoms with Crippen molar-refractivity contribution in [1.29, 1.82) is 0 Å². The standard InChI is InChI=1S/C29H25ClN2O5S/c1-2-19-9-7-16-26-28(19)32(22-12-4-6-15-25(22)35-26)27(37-38(33)34)17-18-31-21-11-3-5-14-24(21)36-29-20(30)10-8-13-23(29)31/h3-16,27H,2,17-18H2,1H3,(H,33,34)/p-1. The molecule has 7 nitrogen and oxygen atoms in total. The number of nitrogens with zero attached hydrogens (tertiary/aromatic N) is 2. The second kappa shape index (κ2) is 10.3. The minimum absolute atomic E-state index is 0.333. The molecule has 2 unspecified atom stereocenters. The molecule has 6 rings (SSSR count). The Bertz CT molecular complexity index is 1530. The van der Waals surface area contributed by atoms with Crippen LogP contribution in [0, 0.1) is 0 Å². The molecule has 38 heavy (non-hydrogen) atoms. The van der Waals surface area contributed by atoms with E-state index in [2.05, 4.69) is 11.8 Å². The Kier molecular flexibility index (Phi) is 6.71. The fourth-order valence-electron chi connectivity index (χ4n) is 5.10. The second-order valence-corrected chi connectivity index (χ2v) is 9.92. The molecule has 0 radical (unpaired) electrons. The molecule has 4 aromatic rings. The van der Waals surface area contributed by atoms with Gasteiger partial charge in [0.05, 0.1) is 39.1 Å². The van der Waals surface area contributed by atoms with Gasteiger partial charge in [-0.2, -0.15) is 0 Å². The molecule has 0 fully saturated rings. The van der Waals surface area contributed by atoms with Gasteiger partial charge in [0.15, 0.2) is 29.2 Å². The highest BCUT2D eigenvalue weighted by molar-refractivity contribution is 7.74. The molecule has 2 aliphatic rings. The molecule has 0 saturated heterocycles. The number of para-hydroxylation sites is 6. The van der Waals surface area contributed by atoms with Crippen molar-refractivity contribution in [2.24, 2.45) is 0 Å². The first-order chi connectivity index (χ1) is 18.5. The molecular weight excluding hydrogens is 524 g/mol. The Morgan fingerprint density at radius 2 is 1.53 bits per heavy atom. The van der Waals surface area contributed by atoms with Gasteiger partial charge in [-0.3, -0.25) is 4.18 Å². The van der Waals surface area contributed by atoms with Crippen LogP contribution in [-0.4, -0.2) is 21.5 Å². The van der Waals surface area contributed by atoms with Crippen molar-refractivity contribution in [2.75, 3.05) is 16.3 Å². The van der Waals surface area contributed by atoms with E-state index in [1.165, 1.54) is 0 Å². The first kappa shape index (κ1) is 24.8. The van der Waals surface area contributed by atoms with Gasteiger partial charge < -0.3 is 23.8 Å². The van der Waals surface area contributed by atoms with Crippen LogP contribution in [0.15, 0.2) is 84.9 Å². The first-order valence-corrected chi connectivity index (χ1v) is 13.7. The number of anilines is 4. The van der Waals surface area contributed by atoms with E-state index in [9.17, 15) is 8.76 Å². The van der Waals surface area contributed by atoms with Crippen molar-refractivity contribution < 1.29 is 22.4 Å². The molecule has 0 amide bonds. The van der Waals surface area contributed by atoms with Crippen LogP contribution in [0.5, 0.6) is 23.0 Å². The number of hydrogen-bond acceptors (Lipinski definition) is 7. The Balaban J connectivity index is 1.42. The summed E-state index contributed by atoms with van der Waals surface area (Å²) in [5.41, 5.74) is 4.23. The van der Waals surface area contributed by atoms with Crippen LogP contribution in [0.2, 0.25) is 5.02 Å². The smallest absolute Gasteiger partial charge is 0.169 e.